The lowest BCUT2D eigenvalue weighted by atomic mass is 10.1. The molecule has 2 amide bonds. The predicted octanol–water partition coefficient (Wildman–Crippen LogP) is 3.48. The smallest absolute Gasteiger partial charge is 0.319 e. The second-order valence-electron chi connectivity index (χ2n) is 5.45. The number of fused-ring (bicyclic) bond motifs is 1. The van der Waals surface area contributed by atoms with Crippen LogP contribution in [0.5, 0.6) is 11.5 Å². The molecule has 0 saturated carbocycles. The SMILES string of the molecule is Cc1ccccc1CNC(=O)Nc1ccc2c(c1)OCCCO2. The summed E-state index contributed by atoms with van der Waals surface area (Å²) in [4.78, 5) is 12.0. The Morgan fingerprint density at radius 3 is 2.70 bits per heavy atom. The average Bonchev–Trinajstić information content (AvgIpc) is 2.79. The minimum absolute atomic E-state index is 0.247. The van der Waals surface area contributed by atoms with Crippen molar-refractivity contribution in [2.45, 2.75) is 19.9 Å². The fourth-order valence-corrected chi connectivity index (χ4v) is 2.40. The molecule has 2 aromatic carbocycles. The van der Waals surface area contributed by atoms with E-state index in [4.69, 9.17) is 9.47 Å². The van der Waals surface area contributed by atoms with Gasteiger partial charge in [-0.2, -0.15) is 0 Å². The number of hydrogen-bond donors (Lipinski definition) is 2. The van der Waals surface area contributed by atoms with Gasteiger partial charge in [0, 0.05) is 24.7 Å². The summed E-state index contributed by atoms with van der Waals surface area (Å²) in [5.41, 5.74) is 2.93. The van der Waals surface area contributed by atoms with E-state index in [0.29, 0.717) is 36.9 Å². The van der Waals surface area contributed by atoms with Gasteiger partial charge in [-0.15, -0.1) is 0 Å². The van der Waals surface area contributed by atoms with Crippen LogP contribution in [0.1, 0.15) is 17.5 Å². The van der Waals surface area contributed by atoms with Gasteiger partial charge in [0.2, 0.25) is 0 Å². The van der Waals surface area contributed by atoms with Crippen LogP contribution in [0, 0.1) is 6.92 Å². The first kappa shape index (κ1) is 15.2. The van der Waals surface area contributed by atoms with Crippen molar-refractivity contribution in [2.24, 2.45) is 0 Å². The van der Waals surface area contributed by atoms with Crippen LogP contribution in [-0.4, -0.2) is 19.2 Å². The van der Waals surface area contributed by atoms with E-state index in [-0.39, 0.29) is 6.03 Å². The number of benzene rings is 2. The van der Waals surface area contributed by atoms with E-state index in [2.05, 4.69) is 10.6 Å². The molecular weight excluding hydrogens is 292 g/mol. The number of amides is 2. The molecule has 120 valence electrons. The maximum Gasteiger partial charge on any atom is 0.319 e. The Kier molecular flexibility index (Phi) is 4.66. The lowest BCUT2D eigenvalue weighted by molar-refractivity contribution is 0.251. The first-order chi connectivity index (χ1) is 11.2. The highest BCUT2D eigenvalue weighted by Crippen LogP contribution is 2.32. The molecule has 3 rings (SSSR count). The molecule has 0 aromatic heterocycles. The van der Waals surface area contributed by atoms with Crippen LogP contribution in [0.4, 0.5) is 10.5 Å². The number of nitrogens with one attached hydrogen (secondary N) is 2. The van der Waals surface area contributed by atoms with Crippen LogP contribution in [0.2, 0.25) is 0 Å². The monoisotopic (exact) mass is 312 g/mol. The fraction of sp³-hybridized carbons (Fsp3) is 0.278. The van der Waals surface area contributed by atoms with Crippen molar-refractivity contribution >= 4 is 11.7 Å². The van der Waals surface area contributed by atoms with Crippen LogP contribution in [0.3, 0.4) is 0 Å². The molecular formula is C18H20N2O3. The zero-order chi connectivity index (χ0) is 16.1. The highest BCUT2D eigenvalue weighted by Gasteiger charge is 2.11. The summed E-state index contributed by atoms with van der Waals surface area (Å²) in [7, 11) is 0. The van der Waals surface area contributed by atoms with Crippen LogP contribution in [-0.2, 0) is 6.54 Å². The summed E-state index contributed by atoms with van der Waals surface area (Å²) in [6, 6.07) is 13.1. The van der Waals surface area contributed by atoms with Gasteiger partial charge in [-0.1, -0.05) is 24.3 Å². The van der Waals surface area contributed by atoms with E-state index in [1.165, 1.54) is 0 Å². The highest BCUT2D eigenvalue weighted by molar-refractivity contribution is 5.89. The number of carbonyl (C=O) groups excluding carboxylic acids is 1. The Morgan fingerprint density at radius 2 is 1.87 bits per heavy atom. The Labute approximate surface area is 135 Å². The molecule has 2 aromatic rings. The van der Waals surface area contributed by atoms with Gasteiger partial charge in [-0.05, 0) is 30.2 Å². The average molecular weight is 312 g/mol. The third-order valence-electron chi connectivity index (χ3n) is 3.71. The topological polar surface area (TPSA) is 59.6 Å². The molecule has 1 aliphatic rings. The maximum atomic E-state index is 12.0. The van der Waals surface area contributed by atoms with Gasteiger partial charge >= 0.3 is 6.03 Å². The third kappa shape index (κ3) is 3.94. The van der Waals surface area contributed by atoms with Gasteiger partial charge in [0.05, 0.1) is 13.2 Å². The second kappa shape index (κ2) is 7.05. The second-order valence-corrected chi connectivity index (χ2v) is 5.45. The Morgan fingerprint density at radius 1 is 1.09 bits per heavy atom. The van der Waals surface area contributed by atoms with Crippen LogP contribution in [0.25, 0.3) is 0 Å². The summed E-state index contributed by atoms with van der Waals surface area (Å²) in [6.45, 7) is 3.79. The van der Waals surface area contributed by atoms with E-state index in [1.54, 1.807) is 12.1 Å². The molecule has 2 N–H and O–H groups in total. The molecule has 0 fully saturated rings. The fourth-order valence-electron chi connectivity index (χ4n) is 2.40. The standard InChI is InChI=1S/C18H20N2O3/c1-13-5-2-3-6-14(13)12-19-18(21)20-15-7-8-16-17(11-15)23-10-4-9-22-16/h2-3,5-8,11H,4,9-10,12H2,1H3,(H2,19,20,21). The quantitative estimate of drug-likeness (QED) is 0.912. The minimum Gasteiger partial charge on any atom is -0.490 e. The number of rotatable bonds is 3. The number of hydrogen-bond acceptors (Lipinski definition) is 3. The van der Waals surface area contributed by atoms with Crippen molar-refractivity contribution in [3.8, 4) is 11.5 Å². The predicted molar refractivity (Wildman–Crippen MR) is 89.1 cm³/mol. The van der Waals surface area contributed by atoms with Crippen molar-refractivity contribution in [3.63, 3.8) is 0 Å². The normalized spacial score (nSPS) is 13.1. The van der Waals surface area contributed by atoms with Gasteiger partial charge in [0.25, 0.3) is 0 Å². The summed E-state index contributed by atoms with van der Waals surface area (Å²) >= 11 is 0. The van der Waals surface area contributed by atoms with Crippen LogP contribution in [0.15, 0.2) is 42.5 Å². The molecule has 0 saturated heterocycles. The van der Waals surface area contributed by atoms with Crippen molar-refractivity contribution in [1.29, 1.82) is 0 Å². The molecule has 0 spiro atoms. The van der Waals surface area contributed by atoms with Gasteiger partial charge in [-0.25, -0.2) is 4.79 Å². The minimum atomic E-state index is -0.247. The lowest BCUT2D eigenvalue weighted by Gasteiger charge is -2.12. The number of aryl methyl sites for hydroxylation is 1. The summed E-state index contributed by atoms with van der Waals surface area (Å²) in [5, 5.41) is 5.68. The molecule has 23 heavy (non-hydrogen) atoms. The van der Waals surface area contributed by atoms with E-state index >= 15 is 0 Å². The Balaban J connectivity index is 1.60. The zero-order valence-electron chi connectivity index (χ0n) is 13.1. The zero-order valence-corrected chi connectivity index (χ0v) is 13.1. The largest absolute Gasteiger partial charge is 0.490 e. The first-order valence-electron chi connectivity index (χ1n) is 7.71. The lowest BCUT2D eigenvalue weighted by Crippen LogP contribution is -2.28. The van der Waals surface area contributed by atoms with E-state index < -0.39 is 0 Å². The number of urea groups is 1. The van der Waals surface area contributed by atoms with Gasteiger partial charge < -0.3 is 20.1 Å². The van der Waals surface area contributed by atoms with Gasteiger partial charge in [0.1, 0.15) is 0 Å². The molecule has 5 nitrogen and oxygen atoms in total. The molecule has 0 aliphatic carbocycles. The van der Waals surface area contributed by atoms with Crippen LogP contribution < -0.4 is 20.1 Å². The molecule has 5 heteroatoms. The van der Waals surface area contributed by atoms with Crippen molar-refractivity contribution in [3.05, 3.63) is 53.6 Å². The van der Waals surface area contributed by atoms with Gasteiger partial charge in [0.15, 0.2) is 11.5 Å². The number of ether oxygens (including phenoxy) is 2. The van der Waals surface area contributed by atoms with Crippen molar-refractivity contribution in [1.82, 2.24) is 5.32 Å². The van der Waals surface area contributed by atoms with Crippen molar-refractivity contribution in [2.75, 3.05) is 18.5 Å². The molecule has 0 unspecified atom stereocenters. The van der Waals surface area contributed by atoms with Crippen LogP contribution >= 0.6 is 0 Å². The Bertz CT molecular complexity index is 700. The third-order valence-corrected chi connectivity index (χ3v) is 3.71. The van der Waals surface area contributed by atoms with E-state index in [1.807, 2.05) is 37.3 Å². The summed E-state index contributed by atoms with van der Waals surface area (Å²) < 4.78 is 11.2. The molecule has 0 radical (unpaired) electrons. The summed E-state index contributed by atoms with van der Waals surface area (Å²) in [5.74, 6) is 1.38. The number of anilines is 1. The maximum absolute atomic E-state index is 12.0. The van der Waals surface area contributed by atoms with E-state index in [0.717, 1.165) is 17.5 Å². The summed E-state index contributed by atoms with van der Waals surface area (Å²) in [6.07, 6.45) is 0.856. The van der Waals surface area contributed by atoms with E-state index in [9.17, 15) is 4.79 Å². The number of carbonyl (C=O) groups is 1. The molecule has 0 atom stereocenters. The van der Waals surface area contributed by atoms with Gasteiger partial charge in [-0.3, -0.25) is 0 Å². The highest BCUT2D eigenvalue weighted by atomic mass is 16.5. The Hall–Kier alpha value is -2.69. The molecule has 1 aliphatic heterocycles. The first-order valence-corrected chi connectivity index (χ1v) is 7.71. The molecule has 0 bridgehead atoms. The van der Waals surface area contributed by atoms with Crippen molar-refractivity contribution < 1.29 is 14.3 Å². The molecule has 1 heterocycles.